The summed E-state index contributed by atoms with van der Waals surface area (Å²) in [5, 5.41) is 19.0. The highest BCUT2D eigenvalue weighted by atomic mass is 16.3. The molecule has 0 aromatic rings. The molecule has 2 N–H and O–H groups in total. The smallest absolute Gasteiger partial charge is 0.251 e. The van der Waals surface area contributed by atoms with Crippen molar-refractivity contribution in [2.75, 3.05) is 26.2 Å². The lowest BCUT2D eigenvalue weighted by Crippen LogP contribution is -2.53. The molecule has 108 valence electrons. The Labute approximate surface area is 113 Å². The summed E-state index contributed by atoms with van der Waals surface area (Å²) in [6, 6.07) is 0. The second-order valence-electron chi connectivity index (χ2n) is 5.12. The molecule has 0 aromatic heterocycles. The van der Waals surface area contributed by atoms with E-state index in [0.717, 1.165) is 0 Å². The first-order chi connectivity index (χ1) is 8.76. The molecule has 6 heteroatoms. The van der Waals surface area contributed by atoms with Gasteiger partial charge in [-0.2, -0.15) is 0 Å². The van der Waals surface area contributed by atoms with Gasteiger partial charge in [0.1, 0.15) is 6.10 Å². The third-order valence-electron chi connectivity index (χ3n) is 3.25. The van der Waals surface area contributed by atoms with E-state index in [4.69, 9.17) is 0 Å². The number of piperazine rings is 1. The predicted molar refractivity (Wildman–Crippen MR) is 70.3 cm³/mol. The molecule has 1 aliphatic heterocycles. The van der Waals surface area contributed by atoms with Crippen molar-refractivity contribution in [3.05, 3.63) is 12.7 Å². The van der Waals surface area contributed by atoms with Crippen LogP contribution in [-0.4, -0.2) is 69.7 Å². The summed E-state index contributed by atoms with van der Waals surface area (Å²) in [5.41, 5.74) is -1.20. The number of amides is 2. The normalized spacial score (nSPS) is 20.6. The summed E-state index contributed by atoms with van der Waals surface area (Å²) in [6.07, 6.45) is 0.322. The van der Waals surface area contributed by atoms with Gasteiger partial charge in [0.15, 0.2) is 0 Å². The average molecular weight is 270 g/mol. The van der Waals surface area contributed by atoms with Gasteiger partial charge < -0.3 is 20.0 Å². The first-order valence-corrected chi connectivity index (χ1v) is 6.37. The fourth-order valence-corrected chi connectivity index (χ4v) is 1.93. The van der Waals surface area contributed by atoms with Crippen molar-refractivity contribution in [2.24, 2.45) is 0 Å². The van der Waals surface area contributed by atoms with Gasteiger partial charge in [0, 0.05) is 26.2 Å². The maximum atomic E-state index is 11.9. The van der Waals surface area contributed by atoms with Gasteiger partial charge in [-0.05, 0) is 13.8 Å². The monoisotopic (exact) mass is 270 g/mol. The molecule has 2 atom stereocenters. The van der Waals surface area contributed by atoms with Crippen molar-refractivity contribution in [3.8, 4) is 0 Å². The van der Waals surface area contributed by atoms with Gasteiger partial charge in [-0.25, -0.2) is 0 Å². The molecule has 1 fully saturated rings. The van der Waals surface area contributed by atoms with Crippen molar-refractivity contribution in [1.82, 2.24) is 9.80 Å². The van der Waals surface area contributed by atoms with Crippen molar-refractivity contribution >= 4 is 11.8 Å². The summed E-state index contributed by atoms with van der Waals surface area (Å²) in [5.74, 6) is -0.473. The molecule has 1 heterocycles. The van der Waals surface area contributed by atoms with E-state index in [2.05, 4.69) is 6.58 Å². The van der Waals surface area contributed by atoms with Gasteiger partial charge in [0.25, 0.3) is 5.91 Å². The Morgan fingerprint density at radius 1 is 1.32 bits per heavy atom. The molecule has 1 rings (SSSR count). The van der Waals surface area contributed by atoms with Gasteiger partial charge in [-0.15, -0.1) is 6.58 Å². The molecule has 1 aliphatic rings. The van der Waals surface area contributed by atoms with Gasteiger partial charge in [-0.3, -0.25) is 9.59 Å². The van der Waals surface area contributed by atoms with Crippen LogP contribution in [0.5, 0.6) is 0 Å². The SMILES string of the molecule is C=C[C@](C)(O)CC(=O)N1CCN(C(=O)[C@H](C)O)CC1. The first kappa shape index (κ1) is 15.7. The predicted octanol–water partition coefficient (Wildman–Crippen LogP) is -0.635. The number of hydrogen-bond donors (Lipinski definition) is 2. The molecule has 1 saturated heterocycles. The standard InChI is InChI=1S/C13H22N2O4/c1-4-13(3,19)9-11(17)14-5-7-15(8-6-14)12(18)10(2)16/h4,10,16,19H,1,5-9H2,2-3H3/t10-,13-/m0/s1. The lowest BCUT2D eigenvalue weighted by atomic mass is 10.0. The lowest BCUT2D eigenvalue weighted by Gasteiger charge is -2.36. The zero-order valence-corrected chi connectivity index (χ0v) is 11.5. The van der Waals surface area contributed by atoms with E-state index < -0.39 is 11.7 Å². The number of aliphatic hydroxyl groups excluding tert-OH is 1. The van der Waals surface area contributed by atoms with E-state index in [-0.39, 0.29) is 18.2 Å². The molecule has 0 bridgehead atoms. The number of rotatable bonds is 4. The van der Waals surface area contributed by atoms with Crippen LogP contribution in [0.4, 0.5) is 0 Å². The minimum Gasteiger partial charge on any atom is -0.386 e. The molecule has 0 aliphatic carbocycles. The quantitative estimate of drug-likeness (QED) is 0.666. The van der Waals surface area contributed by atoms with Gasteiger partial charge >= 0.3 is 0 Å². The Morgan fingerprint density at radius 3 is 2.21 bits per heavy atom. The Kier molecular flexibility index (Phi) is 5.08. The van der Waals surface area contributed by atoms with Crippen LogP contribution in [0.2, 0.25) is 0 Å². The van der Waals surface area contributed by atoms with Crippen LogP contribution in [0.1, 0.15) is 20.3 Å². The van der Waals surface area contributed by atoms with Crippen LogP contribution in [-0.2, 0) is 9.59 Å². The molecular formula is C13H22N2O4. The third kappa shape index (κ3) is 4.33. The lowest BCUT2D eigenvalue weighted by molar-refractivity contribution is -0.145. The first-order valence-electron chi connectivity index (χ1n) is 6.37. The van der Waals surface area contributed by atoms with Crippen molar-refractivity contribution < 1.29 is 19.8 Å². The fraction of sp³-hybridized carbons (Fsp3) is 0.692. The maximum absolute atomic E-state index is 11.9. The summed E-state index contributed by atoms with van der Waals surface area (Å²) in [7, 11) is 0. The van der Waals surface area contributed by atoms with E-state index in [1.165, 1.54) is 19.9 Å². The molecule has 2 amide bonds. The number of carbonyl (C=O) groups excluding carboxylic acids is 2. The second-order valence-corrected chi connectivity index (χ2v) is 5.12. The van der Waals surface area contributed by atoms with Crippen molar-refractivity contribution in [2.45, 2.75) is 32.0 Å². The minimum atomic E-state index is -1.20. The zero-order chi connectivity index (χ0) is 14.6. The van der Waals surface area contributed by atoms with E-state index in [1.807, 2.05) is 0 Å². The number of hydrogen-bond acceptors (Lipinski definition) is 4. The van der Waals surface area contributed by atoms with E-state index in [1.54, 1.807) is 9.80 Å². The third-order valence-corrected chi connectivity index (χ3v) is 3.25. The van der Waals surface area contributed by atoms with Gasteiger partial charge in [0.05, 0.1) is 12.0 Å². The maximum Gasteiger partial charge on any atom is 0.251 e. The average Bonchev–Trinajstić information content (AvgIpc) is 2.37. The Morgan fingerprint density at radius 2 is 1.79 bits per heavy atom. The highest BCUT2D eigenvalue weighted by molar-refractivity contribution is 5.81. The summed E-state index contributed by atoms with van der Waals surface area (Å²) in [4.78, 5) is 26.7. The summed E-state index contributed by atoms with van der Waals surface area (Å²) in [6.45, 7) is 8.11. The van der Waals surface area contributed by atoms with Gasteiger partial charge in [-0.1, -0.05) is 6.08 Å². The van der Waals surface area contributed by atoms with Crippen LogP contribution < -0.4 is 0 Å². The Bertz CT molecular complexity index is 358. The molecule has 0 aromatic carbocycles. The van der Waals surface area contributed by atoms with Gasteiger partial charge in [0.2, 0.25) is 5.91 Å². The number of carbonyl (C=O) groups is 2. The molecule has 0 radical (unpaired) electrons. The number of nitrogens with zero attached hydrogens (tertiary/aromatic N) is 2. The molecule has 19 heavy (non-hydrogen) atoms. The minimum absolute atomic E-state index is 0.0130. The highest BCUT2D eigenvalue weighted by Gasteiger charge is 2.29. The largest absolute Gasteiger partial charge is 0.386 e. The second kappa shape index (κ2) is 6.16. The Balaban J connectivity index is 2.48. The summed E-state index contributed by atoms with van der Waals surface area (Å²) >= 11 is 0. The molecule has 0 spiro atoms. The molecule has 0 unspecified atom stereocenters. The summed E-state index contributed by atoms with van der Waals surface area (Å²) < 4.78 is 0. The van der Waals surface area contributed by atoms with Crippen LogP contribution in [0.25, 0.3) is 0 Å². The van der Waals surface area contributed by atoms with E-state index in [0.29, 0.717) is 26.2 Å². The molecule has 0 saturated carbocycles. The number of aliphatic hydroxyl groups is 2. The topological polar surface area (TPSA) is 81.1 Å². The molecular weight excluding hydrogens is 248 g/mol. The van der Waals surface area contributed by atoms with Crippen molar-refractivity contribution in [3.63, 3.8) is 0 Å². The van der Waals surface area contributed by atoms with Crippen LogP contribution in [0.3, 0.4) is 0 Å². The van der Waals surface area contributed by atoms with E-state index in [9.17, 15) is 19.8 Å². The van der Waals surface area contributed by atoms with Crippen LogP contribution >= 0.6 is 0 Å². The molecule has 6 nitrogen and oxygen atoms in total. The van der Waals surface area contributed by atoms with E-state index >= 15 is 0 Å². The zero-order valence-electron chi connectivity index (χ0n) is 11.5. The fourth-order valence-electron chi connectivity index (χ4n) is 1.93. The highest BCUT2D eigenvalue weighted by Crippen LogP contribution is 2.14. The Hall–Kier alpha value is -1.40. The van der Waals surface area contributed by atoms with Crippen molar-refractivity contribution in [1.29, 1.82) is 0 Å². The van der Waals surface area contributed by atoms with Crippen LogP contribution in [0, 0.1) is 0 Å². The van der Waals surface area contributed by atoms with Crippen LogP contribution in [0.15, 0.2) is 12.7 Å².